The molecule has 0 spiro atoms. The summed E-state index contributed by atoms with van der Waals surface area (Å²) in [6.45, 7) is 4.79. The van der Waals surface area contributed by atoms with E-state index in [0.717, 1.165) is 34.9 Å². The average Bonchev–Trinajstić information content (AvgIpc) is 3.59. The highest BCUT2D eigenvalue weighted by Gasteiger charge is 2.37. The van der Waals surface area contributed by atoms with E-state index in [1.807, 2.05) is 6.07 Å². The molecule has 36 heavy (non-hydrogen) atoms. The standard InChI is InChI=1S/C24H28FN5O5S/c1-4-15-8-20(18-9-16(25)10-22-23(18)35-14-34-22)29(13-15)17-6-7-30-21(11-17)19(12-26-30)24(31)27-36(32,33)28(3)5-2/h6-7,9-12,15,20H,4-5,8,13-14H2,1-3H3,(H,27,31). The molecule has 2 atom stereocenters. The van der Waals surface area contributed by atoms with Crippen molar-refractivity contribution in [1.82, 2.24) is 18.6 Å². The van der Waals surface area contributed by atoms with E-state index in [4.69, 9.17) is 9.47 Å². The first-order chi connectivity index (χ1) is 17.2. The number of hydrogen-bond donors (Lipinski definition) is 1. The summed E-state index contributed by atoms with van der Waals surface area (Å²) in [5, 5.41) is 4.21. The lowest BCUT2D eigenvalue weighted by atomic mass is 9.97. The zero-order valence-electron chi connectivity index (χ0n) is 20.3. The van der Waals surface area contributed by atoms with Gasteiger partial charge in [0.05, 0.1) is 23.3 Å². The van der Waals surface area contributed by atoms with Crippen molar-refractivity contribution in [2.75, 3.05) is 31.8 Å². The van der Waals surface area contributed by atoms with Crippen molar-refractivity contribution in [3.05, 3.63) is 53.6 Å². The molecule has 0 aliphatic carbocycles. The molecule has 1 saturated heterocycles. The van der Waals surface area contributed by atoms with E-state index in [9.17, 15) is 17.6 Å². The number of ether oxygens (including phenoxy) is 2. The Bertz CT molecular complexity index is 1430. The Morgan fingerprint density at radius 3 is 2.83 bits per heavy atom. The molecule has 1 fully saturated rings. The average molecular weight is 518 g/mol. The van der Waals surface area contributed by atoms with Crippen LogP contribution in [-0.2, 0) is 10.2 Å². The highest BCUT2D eigenvalue weighted by molar-refractivity contribution is 7.87. The molecule has 2 aromatic heterocycles. The van der Waals surface area contributed by atoms with E-state index in [-0.39, 0.29) is 24.9 Å². The molecule has 1 aromatic carbocycles. The number of benzene rings is 1. The van der Waals surface area contributed by atoms with Gasteiger partial charge in [-0.2, -0.15) is 17.8 Å². The van der Waals surface area contributed by atoms with Crippen LogP contribution in [0.15, 0.2) is 36.7 Å². The molecule has 0 saturated carbocycles. The van der Waals surface area contributed by atoms with E-state index in [2.05, 4.69) is 21.6 Å². The van der Waals surface area contributed by atoms with E-state index in [1.165, 1.54) is 29.9 Å². The Hall–Kier alpha value is -3.38. The zero-order chi connectivity index (χ0) is 25.6. The summed E-state index contributed by atoms with van der Waals surface area (Å²) in [5.74, 6) is 0.167. The summed E-state index contributed by atoms with van der Waals surface area (Å²) >= 11 is 0. The van der Waals surface area contributed by atoms with Gasteiger partial charge < -0.3 is 14.4 Å². The lowest BCUT2D eigenvalue weighted by Gasteiger charge is -2.28. The first kappa shape index (κ1) is 24.3. The van der Waals surface area contributed by atoms with Crippen molar-refractivity contribution >= 4 is 27.3 Å². The largest absolute Gasteiger partial charge is 0.453 e. The van der Waals surface area contributed by atoms with Crippen LogP contribution >= 0.6 is 0 Å². The lowest BCUT2D eigenvalue weighted by Crippen LogP contribution is -2.41. The maximum atomic E-state index is 14.4. The van der Waals surface area contributed by atoms with Crippen LogP contribution in [0.25, 0.3) is 5.52 Å². The minimum absolute atomic E-state index is 0.0477. The van der Waals surface area contributed by atoms with Crippen LogP contribution < -0.4 is 19.1 Å². The van der Waals surface area contributed by atoms with Crippen molar-refractivity contribution in [3.63, 3.8) is 0 Å². The third-order valence-corrected chi connectivity index (χ3v) is 8.47. The van der Waals surface area contributed by atoms with E-state index in [0.29, 0.717) is 22.9 Å². The SMILES string of the molecule is CCC1CC(c2cc(F)cc3c2OCO3)N(c2ccn3ncc(C(=O)NS(=O)(=O)N(C)CC)c3c2)C1. The number of rotatable bonds is 7. The summed E-state index contributed by atoms with van der Waals surface area (Å²) in [5.41, 5.74) is 2.13. The van der Waals surface area contributed by atoms with E-state index >= 15 is 0 Å². The van der Waals surface area contributed by atoms with Crippen LogP contribution in [0.4, 0.5) is 10.1 Å². The Morgan fingerprint density at radius 1 is 1.28 bits per heavy atom. The third-order valence-electron chi connectivity index (χ3n) is 6.95. The van der Waals surface area contributed by atoms with Gasteiger partial charge in [0.15, 0.2) is 11.5 Å². The van der Waals surface area contributed by atoms with Gasteiger partial charge in [0.2, 0.25) is 6.79 Å². The van der Waals surface area contributed by atoms with Gasteiger partial charge in [-0.25, -0.2) is 13.6 Å². The molecule has 4 heterocycles. The normalized spacial score (nSPS) is 19.4. The number of anilines is 1. The number of carbonyl (C=O) groups excluding carboxylic acids is 1. The first-order valence-electron chi connectivity index (χ1n) is 11.8. The molecule has 2 aliphatic heterocycles. The van der Waals surface area contributed by atoms with Crippen molar-refractivity contribution in [2.24, 2.45) is 5.92 Å². The Kier molecular flexibility index (Phi) is 6.25. The minimum atomic E-state index is -3.97. The summed E-state index contributed by atoms with van der Waals surface area (Å²) in [6.07, 6.45) is 4.82. The first-order valence-corrected chi connectivity index (χ1v) is 13.3. The minimum Gasteiger partial charge on any atom is -0.453 e. The van der Waals surface area contributed by atoms with Crippen LogP contribution in [0.5, 0.6) is 11.5 Å². The summed E-state index contributed by atoms with van der Waals surface area (Å²) < 4.78 is 55.0. The predicted octanol–water partition coefficient (Wildman–Crippen LogP) is 3.11. The van der Waals surface area contributed by atoms with Crippen LogP contribution in [0.1, 0.15) is 48.7 Å². The number of fused-ring (bicyclic) bond motifs is 2. The predicted molar refractivity (Wildman–Crippen MR) is 131 cm³/mol. The summed E-state index contributed by atoms with van der Waals surface area (Å²) in [7, 11) is -2.58. The van der Waals surface area contributed by atoms with Gasteiger partial charge in [-0.15, -0.1) is 0 Å². The smallest absolute Gasteiger partial charge is 0.303 e. The van der Waals surface area contributed by atoms with Gasteiger partial charge in [-0.05, 0) is 30.5 Å². The summed E-state index contributed by atoms with van der Waals surface area (Å²) in [4.78, 5) is 15.0. The van der Waals surface area contributed by atoms with Gasteiger partial charge in [-0.1, -0.05) is 20.3 Å². The molecule has 0 radical (unpaired) electrons. The van der Waals surface area contributed by atoms with Crippen LogP contribution in [-0.4, -0.2) is 55.2 Å². The molecular weight excluding hydrogens is 489 g/mol. The molecule has 3 aromatic rings. The zero-order valence-corrected chi connectivity index (χ0v) is 21.1. The van der Waals surface area contributed by atoms with Crippen molar-refractivity contribution in [2.45, 2.75) is 32.7 Å². The summed E-state index contributed by atoms with van der Waals surface area (Å²) in [6, 6.07) is 6.34. The fourth-order valence-electron chi connectivity index (χ4n) is 4.79. The maximum absolute atomic E-state index is 14.4. The van der Waals surface area contributed by atoms with Crippen molar-refractivity contribution in [3.8, 4) is 11.5 Å². The second-order valence-electron chi connectivity index (χ2n) is 9.03. The van der Waals surface area contributed by atoms with Crippen LogP contribution in [0.2, 0.25) is 0 Å². The van der Waals surface area contributed by atoms with Crippen LogP contribution in [0.3, 0.4) is 0 Å². The van der Waals surface area contributed by atoms with Gasteiger partial charge in [0.1, 0.15) is 5.82 Å². The number of nitrogens with zero attached hydrogens (tertiary/aromatic N) is 4. The number of pyridine rings is 1. The molecule has 1 amide bonds. The van der Waals surface area contributed by atoms with Crippen LogP contribution in [0, 0.1) is 11.7 Å². The number of halogens is 1. The number of nitrogens with one attached hydrogen (secondary N) is 1. The van der Waals surface area contributed by atoms with E-state index < -0.39 is 21.9 Å². The highest BCUT2D eigenvalue weighted by Crippen LogP contribution is 2.47. The Labute approximate surface area is 208 Å². The quantitative estimate of drug-likeness (QED) is 0.513. The number of carbonyl (C=O) groups is 1. The molecule has 1 N–H and O–H groups in total. The molecular formula is C24H28FN5O5S. The molecule has 0 bridgehead atoms. The van der Waals surface area contributed by atoms with Gasteiger partial charge in [-0.3, -0.25) is 4.79 Å². The second kappa shape index (κ2) is 9.25. The monoisotopic (exact) mass is 517 g/mol. The molecule has 2 aliphatic rings. The highest BCUT2D eigenvalue weighted by atomic mass is 32.2. The van der Waals surface area contributed by atoms with Crippen molar-refractivity contribution in [1.29, 1.82) is 0 Å². The Balaban J connectivity index is 1.52. The molecule has 5 rings (SSSR count). The maximum Gasteiger partial charge on any atom is 0.303 e. The van der Waals surface area contributed by atoms with E-state index in [1.54, 1.807) is 19.2 Å². The fourth-order valence-corrected chi connectivity index (χ4v) is 5.63. The Morgan fingerprint density at radius 2 is 2.08 bits per heavy atom. The van der Waals surface area contributed by atoms with Gasteiger partial charge in [0.25, 0.3) is 5.91 Å². The topological polar surface area (TPSA) is 105 Å². The fraction of sp³-hybridized carbons (Fsp3) is 0.417. The molecule has 12 heteroatoms. The number of amides is 1. The lowest BCUT2D eigenvalue weighted by molar-refractivity contribution is 0.0981. The molecule has 10 nitrogen and oxygen atoms in total. The third kappa shape index (κ3) is 4.24. The molecule has 192 valence electrons. The molecule has 2 unspecified atom stereocenters. The number of aromatic nitrogens is 2. The second-order valence-corrected chi connectivity index (χ2v) is 10.8. The number of hydrogen-bond acceptors (Lipinski definition) is 7. The van der Waals surface area contributed by atoms with Gasteiger partial charge >= 0.3 is 10.2 Å². The van der Waals surface area contributed by atoms with Crippen molar-refractivity contribution < 1.29 is 27.1 Å². The van der Waals surface area contributed by atoms with Gasteiger partial charge in [0, 0.05) is 43.7 Å².